The summed E-state index contributed by atoms with van der Waals surface area (Å²) in [7, 11) is -3.59. The fourth-order valence-electron chi connectivity index (χ4n) is 0.996. The van der Waals surface area contributed by atoms with E-state index >= 15 is 0 Å². The van der Waals surface area contributed by atoms with Crippen LogP contribution in [0.1, 0.15) is 24.2 Å². The minimum absolute atomic E-state index is 0.0577. The molecule has 0 saturated carbocycles. The van der Waals surface area contributed by atoms with Gasteiger partial charge in [0.2, 0.25) is 5.91 Å². The fraction of sp³-hybridized carbons (Fsp3) is 0.400. The Morgan fingerprint density at radius 1 is 1.39 bits per heavy atom. The van der Waals surface area contributed by atoms with Crippen molar-refractivity contribution in [2.75, 3.05) is 11.6 Å². The maximum Gasteiger partial charge on any atom is 0.338 e. The van der Waals surface area contributed by atoms with Gasteiger partial charge in [-0.25, -0.2) is 13.2 Å². The normalized spacial score (nSPS) is 12.2. The van der Waals surface area contributed by atoms with E-state index in [9.17, 15) is 18.0 Å². The number of carboxylic acid groups (broad SMARTS) is 1. The number of sulfone groups is 1. The van der Waals surface area contributed by atoms with Crippen molar-refractivity contribution in [3.63, 3.8) is 0 Å². The molecule has 0 fully saturated rings. The van der Waals surface area contributed by atoms with Gasteiger partial charge in [0, 0.05) is 6.26 Å². The molecule has 0 saturated heterocycles. The van der Waals surface area contributed by atoms with Crippen molar-refractivity contribution in [3.8, 4) is 0 Å². The van der Waals surface area contributed by atoms with Gasteiger partial charge in [-0.2, -0.15) is 0 Å². The van der Waals surface area contributed by atoms with Gasteiger partial charge in [0.25, 0.3) is 0 Å². The van der Waals surface area contributed by atoms with E-state index in [0.29, 0.717) is 0 Å². The van der Waals surface area contributed by atoms with Crippen molar-refractivity contribution >= 4 is 38.1 Å². The van der Waals surface area contributed by atoms with E-state index in [0.717, 1.165) is 17.6 Å². The number of nitrogens with one attached hydrogen (secondary N) is 1. The number of hydrogen-bond acceptors (Lipinski definition) is 5. The van der Waals surface area contributed by atoms with Crippen LogP contribution in [0.3, 0.4) is 0 Å². The Morgan fingerprint density at radius 2 is 1.94 bits per heavy atom. The average molecular weight is 291 g/mol. The monoisotopic (exact) mass is 291 g/mol. The van der Waals surface area contributed by atoms with E-state index in [-0.39, 0.29) is 10.6 Å². The number of carbonyl (C=O) groups excluding carboxylic acids is 1. The van der Waals surface area contributed by atoms with Crippen LogP contribution in [0.4, 0.5) is 5.00 Å². The second-order valence-electron chi connectivity index (χ2n) is 4.21. The Kier molecular flexibility index (Phi) is 3.82. The Morgan fingerprint density at radius 3 is 2.39 bits per heavy atom. The van der Waals surface area contributed by atoms with Crippen molar-refractivity contribution in [2.45, 2.75) is 18.6 Å². The van der Waals surface area contributed by atoms with Crippen LogP contribution in [0, 0.1) is 0 Å². The van der Waals surface area contributed by atoms with Crippen LogP contribution >= 0.6 is 11.3 Å². The highest BCUT2D eigenvalue weighted by Gasteiger charge is 2.39. The Hall–Kier alpha value is -1.41. The third-order valence-corrected chi connectivity index (χ3v) is 5.47. The number of anilines is 1. The first-order chi connectivity index (χ1) is 8.07. The van der Waals surface area contributed by atoms with Crippen LogP contribution < -0.4 is 5.32 Å². The molecule has 0 atom stereocenters. The van der Waals surface area contributed by atoms with E-state index in [2.05, 4.69) is 5.32 Å². The third kappa shape index (κ3) is 2.70. The summed E-state index contributed by atoms with van der Waals surface area (Å²) in [4.78, 5) is 22.7. The number of aromatic carboxylic acids is 1. The van der Waals surface area contributed by atoms with Gasteiger partial charge >= 0.3 is 5.97 Å². The molecular weight excluding hydrogens is 278 g/mol. The molecule has 1 aromatic rings. The zero-order valence-corrected chi connectivity index (χ0v) is 11.7. The average Bonchev–Trinajstić information content (AvgIpc) is 2.63. The summed E-state index contributed by atoms with van der Waals surface area (Å²) in [6.07, 6.45) is 0.957. The molecule has 0 unspecified atom stereocenters. The molecule has 2 N–H and O–H groups in total. The lowest BCUT2D eigenvalue weighted by atomic mass is 10.2. The fourth-order valence-corrected chi connectivity index (χ4v) is 2.16. The Balaban J connectivity index is 3.03. The zero-order chi connectivity index (χ0) is 14.1. The van der Waals surface area contributed by atoms with Crippen LogP contribution in [-0.4, -0.2) is 36.4 Å². The molecule has 8 heteroatoms. The molecule has 0 aliphatic heterocycles. The highest BCUT2D eigenvalue weighted by Crippen LogP contribution is 2.25. The molecule has 18 heavy (non-hydrogen) atoms. The molecular formula is C10H13NO5S2. The summed E-state index contributed by atoms with van der Waals surface area (Å²) < 4.78 is 21.3. The summed E-state index contributed by atoms with van der Waals surface area (Å²) in [6.45, 7) is 2.54. The first kappa shape index (κ1) is 14.7. The molecule has 0 aliphatic carbocycles. The van der Waals surface area contributed by atoms with Crippen molar-refractivity contribution in [2.24, 2.45) is 0 Å². The molecule has 1 amide bonds. The van der Waals surface area contributed by atoms with Crippen molar-refractivity contribution in [1.82, 2.24) is 0 Å². The van der Waals surface area contributed by atoms with E-state index in [1.807, 2.05) is 0 Å². The maximum atomic E-state index is 11.9. The summed E-state index contributed by atoms with van der Waals surface area (Å²) in [6, 6.07) is 1.34. The predicted molar refractivity (Wildman–Crippen MR) is 68.8 cm³/mol. The van der Waals surface area contributed by atoms with E-state index in [1.54, 1.807) is 0 Å². The number of hydrogen-bond donors (Lipinski definition) is 2. The lowest BCUT2D eigenvalue weighted by molar-refractivity contribution is -0.117. The summed E-state index contributed by atoms with van der Waals surface area (Å²) in [5.74, 6) is -1.93. The smallest absolute Gasteiger partial charge is 0.338 e. The third-order valence-electron chi connectivity index (χ3n) is 2.60. The molecule has 0 bridgehead atoms. The van der Waals surface area contributed by atoms with Crippen molar-refractivity contribution in [1.29, 1.82) is 0 Å². The molecule has 0 aromatic carbocycles. The minimum Gasteiger partial charge on any atom is -0.478 e. The Bertz CT molecular complexity index is 585. The van der Waals surface area contributed by atoms with Crippen LogP contribution in [0.2, 0.25) is 0 Å². The highest BCUT2D eigenvalue weighted by molar-refractivity contribution is 7.92. The minimum atomic E-state index is -3.59. The largest absolute Gasteiger partial charge is 0.478 e. The van der Waals surface area contributed by atoms with Gasteiger partial charge in [0.15, 0.2) is 9.84 Å². The standard InChI is InChI=1S/C10H13NO5S2/c1-10(2,18(3,15)16)9(14)11-7-6(8(12)13)4-5-17-7/h4-5H,1-3H3,(H,11,14)(H,12,13). The number of carboxylic acids is 1. The number of thiophene rings is 1. The Labute approximate surface area is 109 Å². The second kappa shape index (κ2) is 4.69. The topological polar surface area (TPSA) is 101 Å². The van der Waals surface area contributed by atoms with Gasteiger partial charge < -0.3 is 10.4 Å². The van der Waals surface area contributed by atoms with E-state index < -0.39 is 26.5 Å². The molecule has 1 heterocycles. The number of rotatable bonds is 4. The molecule has 0 radical (unpaired) electrons. The number of amides is 1. The van der Waals surface area contributed by atoms with E-state index in [1.165, 1.54) is 25.3 Å². The molecule has 1 rings (SSSR count). The highest BCUT2D eigenvalue weighted by atomic mass is 32.2. The van der Waals surface area contributed by atoms with Crippen molar-refractivity contribution < 1.29 is 23.1 Å². The van der Waals surface area contributed by atoms with Crippen molar-refractivity contribution in [3.05, 3.63) is 17.0 Å². The van der Waals surface area contributed by atoms with Gasteiger partial charge in [-0.15, -0.1) is 11.3 Å². The SMILES string of the molecule is CC(C)(C(=O)Nc1sccc1C(=O)O)S(C)(=O)=O. The van der Waals surface area contributed by atoms with Crippen LogP contribution in [0.5, 0.6) is 0 Å². The quantitative estimate of drug-likeness (QED) is 0.868. The van der Waals surface area contributed by atoms with Gasteiger partial charge in [-0.1, -0.05) is 0 Å². The van der Waals surface area contributed by atoms with Gasteiger partial charge in [-0.3, -0.25) is 4.79 Å². The van der Waals surface area contributed by atoms with Gasteiger partial charge in [-0.05, 0) is 25.3 Å². The van der Waals surface area contributed by atoms with Crippen LogP contribution in [0.25, 0.3) is 0 Å². The summed E-state index contributed by atoms with van der Waals surface area (Å²) in [5, 5.41) is 12.8. The molecule has 0 spiro atoms. The van der Waals surface area contributed by atoms with E-state index in [4.69, 9.17) is 5.11 Å². The predicted octanol–water partition coefficient (Wildman–Crippen LogP) is 1.21. The molecule has 6 nitrogen and oxygen atoms in total. The van der Waals surface area contributed by atoms with Gasteiger partial charge in [0.05, 0.1) is 5.56 Å². The lowest BCUT2D eigenvalue weighted by Crippen LogP contribution is -2.43. The molecule has 100 valence electrons. The van der Waals surface area contributed by atoms with Gasteiger partial charge in [0.1, 0.15) is 9.75 Å². The summed E-state index contributed by atoms with van der Waals surface area (Å²) in [5.41, 5.74) is -0.0577. The maximum absolute atomic E-state index is 11.9. The molecule has 1 aromatic heterocycles. The summed E-state index contributed by atoms with van der Waals surface area (Å²) >= 11 is 1.03. The van der Waals surface area contributed by atoms with Crippen LogP contribution in [0.15, 0.2) is 11.4 Å². The van der Waals surface area contributed by atoms with Crippen LogP contribution in [-0.2, 0) is 14.6 Å². The second-order valence-corrected chi connectivity index (χ2v) is 7.69. The zero-order valence-electron chi connectivity index (χ0n) is 10.1. The first-order valence-corrected chi connectivity index (χ1v) is 7.66. The lowest BCUT2D eigenvalue weighted by Gasteiger charge is -2.21. The number of carbonyl (C=O) groups is 2. The molecule has 0 aliphatic rings. The first-order valence-electron chi connectivity index (χ1n) is 4.89.